The molecule has 0 bridgehead atoms. The summed E-state index contributed by atoms with van der Waals surface area (Å²) in [5, 5.41) is 6.12. The van der Waals surface area contributed by atoms with Gasteiger partial charge in [0.2, 0.25) is 5.91 Å². The molecule has 0 unspecified atom stereocenters. The van der Waals surface area contributed by atoms with Crippen molar-refractivity contribution in [2.45, 2.75) is 19.8 Å². The predicted octanol–water partition coefficient (Wildman–Crippen LogP) is 3.49. The third-order valence-electron chi connectivity index (χ3n) is 4.82. The average molecular weight is 380 g/mol. The van der Waals surface area contributed by atoms with Gasteiger partial charge in [-0.1, -0.05) is 18.2 Å². The second kappa shape index (κ2) is 7.44. The molecule has 7 heteroatoms. The molecule has 1 aliphatic rings. The van der Waals surface area contributed by atoms with Gasteiger partial charge in [-0.25, -0.2) is 4.98 Å². The largest absolute Gasteiger partial charge is 0.338 e. The number of fused-ring (bicyclic) bond motifs is 1. The van der Waals surface area contributed by atoms with Crippen molar-refractivity contribution in [1.82, 2.24) is 14.9 Å². The van der Waals surface area contributed by atoms with Crippen LogP contribution in [0.1, 0.15) is 28.9 Å². The summed E-state index contributed by atoms with van der Waals surface area (Å²) in [5.41, 5.74) is 2.28. The van der Waals surface area contributed by atoms with Gasteiger partial charge >= 0.3 is 0 Å². The molecule has 1 aromatic carbocycles. The number of carbonyl (C=O) groups excluding carboxylic acids is 2. The quantitative estimate of drug-likeness (QED) is 0.755. The van der Waals surface area contributed by atoms with E-state index in [2.05, 4.69) is 15.3 Å². The number of para-hydroxylation sites is 1. The summed E-state index contributed by atoms with van der Waals surface area (Å²) >= 11 is 1.39. The Morgan fingerprint density at radius 1 is 1.30 bits per heavy atom. The van der Waals surface area contributed by atoms with Crippen LogP contribution in [0.25, 0.3) is 10.9 Å². The van der Waals surface area contributed by atoms with Gasteiger partial charge in [-0.05, 0) is 31.9 Å². The molecule has 1 atom stereocenters. The topological polar surface area (TPSA) is 75.2 Å². The summed E-state index contributed by atoms with van der Waals surface area (Å²) in [5.74, 6) is -0.331. The van der Waals surface area contributed by atoms with Gasteiger partial charge in [0.25, 0.3) is 5.91 Å². The zero-order valence-electron chi connectivity index (χ0n) is 15.0. The highest BCUT2D eigenvalue weighted by Gasteiger charge is 2.30. The molecule has 0 saturated carbocycles. The third-order valence-corrected chi connectivity index (χ3v) is 5.51. The van der Waals surface area contributed by atoms with Crippen molar-refractivity contribution in [2.75, 3.05) is 18.4 Å². The monoisotopic (exact) mass is 380 g/mol. The summed E-state index contributed by atoms with van der Waals surface area (Å²) in [4.78, 5) is 36.1. The average Bonchev–Trinajstić information content (AvgIpc) is 3.20. The number of piperidine rings is 1. The van der Waals surface area contributed by atoms with E-state index in [0.717, 1.165) is 29.4 Å². The van der Waals surface area contributed by atoms with Crippen LogP contribution in [-0.4, -0.2) is 39.8 Å². The molecule has 0 spiro atoms. The number of carbonyl (C=O) groups is 2. The lowest BCUT2D eigenvalue weighted by Gasteiger charge is -2.32. The number of aromatic nitrogens is 2. The maximum Gasteiger partial charge on any atom is 0.254 e. The molecule has 2 amide bonds. The Morgan fingerprint density at radius 2 is 2.15 bits per heavy atom. The van der Waals surface area contributed by atoms with Crippen molar-refractivity contribution in [1.29, 1.82) is 0 Å². The minimum absolute atomic E-state index is 0.0385. The number of hydrogen-bond donors (Lipinski definition) is 1. The van der Waals surface area contributed by atoms with E-state index >= 15 is 0 Å². The molecule has 6 nitrogen and oxygen atoms in total. The molecule has 2 aromatic heterocycles. The number of likely N-dealkylation sites (tertiary alicyclic amines) is 1. The molecular weight excluding hydrogens is 360 g/mol. The number of nitrogens with zero attached hydrogens (tertiary/aromatic N) is 3. The van der Waals surface area contributed by atoms with Crippen molar-refractivity contribution in [3.05, 3.63) is 53.2 Å². The normalized spacial score (nSPS) is 17.1. The van der Waals surface area contributed by atoms with Crippen molar-refractivity contribution < 1.29 is 9.59 Å². The Labute approximate surface area is 161 Å². The lowest BCUT2D eigenvalue weighted by atomic mass is 9.96. The third kappa shape index (κ3) is 3.68. The van der Waals surface area contributed by atoms with Gasteiger partial charge in [0.05, 0.1) is 17.0 Å². The van der Waals surface area contributed by atoms with E-state index in [1.807, 2.05) is 42.6 Å². The second-order valence-electron chi connectivity index (χ2n) is 6.75. The van der Waals surface area contributed by atoms with Crippen molar-refractivity contribution in [3.8, 4) is 0 Å². The van der Waals surface area contributed by atoms with Crippen LogP contribution < -0.4 is 5.32 Å². The summed E-state index contributed by atoms with van der Waals surface area (Å²) in [6, 6.07) is 9.51. The molecule has 1 aliphatic heterocycles. The summed E-state index contributed by atoms with van der Waals surface area (Å²) < 4.78 is 0. The maximum atomic E-state index is 13.2. The number of benzene rings is 1. The van der Waals surface area contributed by atoms with E-state index in [0.29, 0.717) is 23.8 Å². The lowest BCUT2D eigenvalue weighted by molar-refractivity contribution is -0.121. The van der Waals surface area contributed by atoms with E-state index < -0.39 is 0 Å². The van der Waals surface area contributed by atoms with Crippen LogP contribution in [0.3, 0.4) is 0 Å². The molecule has 4 rings (SSSR count). The molecular formula is C20H20N4O2S. The standard InChI is InChI=1S/C20H20N4O2S/c1-13-11-16(15-6-2-3-7-17(15)22-13)19(26)24-9-4-5-14(12-24)18(25)23-20-21-8-10-27-20/h2-3,6-8,10-11,14H,4-5,9,12H2,1H3,(H,21,23,25)/t14-/m1/s1. The number of thiazole rings is 1. The SMILES string of the molecule is Cc1cc(C(=O)N2CCC[C@@H](C(=O)Nc3nccs3)C2)c2ccccc2n1. The molecule has 0 aliphatic carbocycles. The Hall–Kier alpha value is -2.80. The van der Waals surface area contributed by atoms with Gasteiger partial charge in [-0.3, -0.25) is 14.6 Å². The van der Waals surface area contributed by atoms with Gasteiger partial charge in [-0.2, -0.15) is 0 Å². The molecule has 138 valence electrons. The Balaban J connectivity index is 1.55. The first-order valence-electron chi connectivity index (χ1n) is 8.98. The minimum Gasteiger partial charge on any atom is -0.338 e. The molecule has 0 radical (unpaired) electrons. The number of pyridine rings is 1. The van der Waals surface area contributed by atoms with Crippen LogP contribution >= 0.6 is 11.3 Å². The number of nitrogens with one attached hydrogen (secondary N) is 1. The van der Waals surface area contributed by atoms with Crippen LogP contribution in [0.5, 0.6) is 0 Å². The second-order valence-corrected chi connectivity index (χ2v) is 7.64. The van der Waals surface area contributed by atoms with Crippen LogP contribution in [0, 0.1) is 12.8 Å². The molecule has 1 N–H and O–H groups in total. The van der Waals surface area contributed by atoms with Gasteiger partial charge in [0, 0.05) is 35.7 Å². The van der Waals surface area contributed by atoms with Crippen molar-refractivity contribution in [2.24, 2.45) is 5.92 Å². The number of aryl methyl sites for hydroxylation is 1. The van der Waals surface area contributed by atoms with Gasteiger partial charge in [-0.15, -0.1) is 11.3 Å². The lowest BCUT2D eigenvalue weighted by Crippen LogP contribution is -2.43. The van der Waals surface area contributed by atoms with E-state index in [-0.39, 0.29) is 17.7 Å². The summed E-state index contributed by atoms with van der Waals surface area (Å²) in [6.07, 6.45) is 3.24. The Kier molecular flexibility index (Phi) is 4.85. The number of hydrogen-bond acceptors (Lipinski definition) is 5. The van der Waals surface area contributed by atoms with Gasteiger partial charge in [0.1, 0.15) is 0 Å². The smallest absolute Gasteiger partial charge is 0.254 e. The number of anilines is 1. The first-order valence-corrected chi connectivity index (χ1v) is 9.86. The first-order chi connectivity index (χ1) is 13.1. The van der Waals surface area contributed by atoms with E-state index in [1.54, 1.807) is 11.1 Å². The van der Waals surface area contributed by atoms with Crippen molar-refractivity contribution >= 4 is 39.2 Å². The van der Waals surface area contributed by atoms with Gasteiger partial charge < -0.3 is 10.2 Å². The fourth-order valence-electron chi connectivity index (χ4n) is 3.52. The molecule has 3 aromatic rings. The number of rotatable bonds is 3. The summed E-state index contributed by atoms with van der Waals surface area (Å²) in [6.45, 7) is 2.98. The van der Waals surface area contributed by atoms with E-state index in [1.165, 1.54) is 11.3 Å². The van der Waals surface area contributed by atoms with Crippen molar-refractivity contribution in [3.63, 3.8) is 0 Å². The summed E-state index contributed by atoms with van der Waals surface area (Å²) in [7, 11) is 0. The van der Waals surface area contributed by atoms with Crippen LogP contribution in [0.15, 0.2) is 41.9 Å². The van der Waals surface area contributed by atoms with E-state index in [4.69, 9.17) is 0 Å². The molecule has 3 heterocycles. The first kappa shape index (κ1) is 17.6. The maximum absolute atomic E-state index is 13.2. The van der Waals surface area contributed by atoms with Gasteiger partial charge in [0.15, 0.2) is 5.13 Å². The van der Waals surface area contributed by atoms with E-state index in [9.17, 15) is 9.59 Å². The highest BCUT2D eigenvalue weighted by atomic mass is 32.1. The predicted molar refractivity (Wildman–Crippen MR) is 106 cm³/mol. The van der Waals surface area contributed by atoms with Crippen LogP contribution in [-0.2, 0) is 4.79 Å². The molecule has 1 fully saturated rings. The minimum atomic E-state index is -0.221. The number of amides is 2. The fourth-order valence-corrected chi connectivity index (χ4v) is 4.06. The zero-order chi connectivity index (χ0) is 18.8. The highest BCUT2D eigenvalue weighted by Crippen LogP contribution is 2.24. The van der Waals surface area contributed by atoms with Crippen LogP contribution in [0.4, 0.5) is 5.13 Å². The fraction of sp³-hybridized carbons (Fsp3) is 0.300. The van der Waals surface area contributed by atoms with Crippen LogP contribution in [0.2, 0.25) is 0 Å². The Morgan fingerprint density at radius 3 is 2.96 bits per heavy atom. The molecule has 1 saturated heterocycles. The Bertz CT molecular complexity index is 987. The zero-order valence-corrected chi connectivity index (χ0v) is 15.8. The molecule has 27 heavy (non-hydrogen) atoms. The highest BCUT2D eigenvalue weighted by molar-refractivity contribution is 7.13.